The Kier molecular flexibility index (Phi) is 4.88. The molecule has 0 saturated carbocycles. The van der Waals surface area contributed by atoms with Crippen molar-refractivity contribution in [1.82, 2.24) is 14.8 Å². The number of piperazine rings is 1. The molecule has 0 unspecified atom stereocenters. The maximum Gasteiger partial charge on any atom is 0.220 e. The normalized spacial score (nSPS) is 20.3. The average molecular weight is 332 g/mol. The molecule has 6 nitrogen and oxygen atoms in total. The molecular formula is C13H18ClN3O3S. The summed E-state index contributed by atoms with van der Waals surface area (Å²) in [6, 6.07) is 7.47. The molecule has 1 saturated heterocycles. The topological polar surface area (TPSA) is 75.4 Å². The molecule has 3 rings (SSSR count). The first-order valence-corrected chi connectivity index (χ1v) is 8.22. The summed E-state index contributed by atoms with van der Waals surface area (Å²) in [5.41, 5.74) is 1.10. The highest BCUT2D eigenvalue weighted by molar-refractivity contribution is 7.88. The molecule has 1 N–H and O–H groups in total. The Hall–Kier alpha value is -1.15. The van der Waals surface area contributed by atoms with Gasteiger partial charge in [0.1, 0.15) is 11.4 Å². The van der Waals surface area contributed by atoms with Gasteiger partial charge in [-0.3, -0.25) is 0 Å². The quantitative estimate of drug-likeness (QED) is 0.919. The zero-order chi connectivity index (χ0) is 14.2. The minimum absolute atomic E-state index is 0. The summed E-state index contributed by atoms with van der Waals surface area (Å²) in [5, 5.41) is 7.89. The van der Waals surface area contributed by atoms with E-state index in [2.05, 4.69) is 10.5 Å². The Morgan fingerprint density at radius 1 is 1.43 bits per heavy atom. The molecule has 0 spiro atoms. The van der Waals surface area contributed by atoms with Crippen molar-refractivity contribution < 1.29 is 12.9 Å². The van der Waals surface area contributed by atoms with Crippen LogP contribution in [-0.2, 0) is 15.8 Å². The monoisotopic (exact) mass is 331 g/mol. The van der Waals surface area contributed by atoms with Crippen LogP contribution in [0.1, 0.15) is 12.6 Å². The van der Waals surface area contributed by atoms with Crippen LogP contribution in [0.5, 0.6) is 0 Å². The standard InChI is InChI=1S/C13H17N3O3S.ClH/c1-10-8-16(7-6-14-10)20(17,18)9-12-11-4-2-3-5-13(11)19-15-12;/h2-5,10,14H,6-9H2,1H3;1H/t10-;/m1./s1. The second kappa shape index (κ2) is 6.31. The molecule has 1 fully saturated rings. The second-order valence-corrected chi connectivity index (χ2v) is 7.06. The Bertz CT molecular complexity index is 716. The number of para-hydroxylation sites is 1. The highest BCUT2D eigenvalue weighted by Crippen LogP contribution is 2.21. The predicted molar refractivity (Wildman–Crippen MR) is 82.9 cm³/mol. The van der Waals surface area contributed by atoms with Gasteiger partial charge in [-0.05, 0) is 19.1 Å². The number of halogens is 1. The second-order valence-electron chi connectivity index (χ2n) is 5.09. The molecule has 1 aliphatic heterocycles. The van der Waals surface area contributed by atoms with E-state index in [1.54, 1.807) is 6.07 Å². The molecule has 0 aliphatic carbocycles. The molecule has 2 heterocycles. The molecule has 21 heavy (non-hydrogen) atoms. The summed E-state index contributed by atoms with van der Waals surface area (Å²) in [4.78, 5) is 0. The van der Waals surface area contributed by atoms with Gasteiger partial charge in [-0.1, -0.05) is 17.3 Å². The number of hydrogen-bond donors (Lipinski definition) is 1. The number of nitrogens with zero attached hydrogens (tertiary/aromatic N) is 2. The molecule has 1 aromatic heterocycles. The minimum atomic E-state index is -3.36. The number of nitrogens with one attached hydrogen (secondary N) is 1. The van der Waals surface area contributed by atoms with Gasteiger partial charge >= 0.3 is 0 Å². The smallest absolute Gasteiger partial charge is 0.220 e. The first-order valence-electron chi connectivity index (χ1n) is 6.61. The lowest BCUT2D eigenvalue weighted by atomic mass is 10.2. The fourth-order valence-corrected chi connectivity index (χ4v) is 4.01. The fraction of sp³-hybridized carbons (Fsp3) is 0.462. The SMILES string of the molecule is C[C@@H]1CN(S(=O)(=O)Cc2noc3ccccc23)CCN1.Cl. The first-order chi connectivity index (χ1) is 9.56. The van der Waals surface area contributed by atoms with E-state index < -0.39 is 10.0 Å². The summed E-state index contributed by atoms with van der Waals surface area (Å²) in [6.45, 7) is 3.66. The minimum Gasteiger partial charge on any atom is -0.356 e. The zero-order valence-corrected chi connectivity index (χ0v) is 13.3. The first kappa shape index (κ1) is 16.2. The van der Waals surface area contributed by atoms with Gasteiger partial charge in [0.15, 0.2) is 5.58 Å². The molecule has 2 aromatic rings. The van der Waals surface area contributed by atoms with E-state index >= 15 is 0 Å². The van der Waals surface area contributed by atoms with Crippen molar-refractivity contribution in [3.63, 3.8) is 0 Å². The lowest BCUT2D eigenvalue weighted by molar-refractivity contribution is 0.309. The maximum atomic E-state index is 12.5. The summed E-state index contributed by atoms with van der Waals surface area (Å²) in [7, 11) is -3.36. The molecule has 0 bridgehead atoms. The van der Waals surface area contributed by atoms with Gasteiger partial charge in [0.2, 0.25) is 10.0 Å². The van der Waals surface area contributed by atoms with Crippen LogP contribution in [0.25, 0.3) is 11.0 Å². The van der Waals surface area contributed by atoms with Crippen molar-refractivity contribution in [2.75, 3.05) is 19.6 Å². The van der Waals surface area contributed by atoms with Crippen molar-refractivity contribution in [2.45, 2.75) is 18.7 Å². The highest BCUT2D eigenvalue weighted by atomic mass is 35.5. The van der Waals surface area contributed by atoms with E-state index in [9.17, 15) is 8.42 Å². The Balaban J connectivity index is 0.00000161. The van der Waals surface area contributed by atoms with Crippen LogP contribution in [0.4, 0.5) is 0 Å². The summed E-state index contributed by atoms with van der Waals surface area (Å²) >= 11 is 0. The van der Waals surface area contributed by atoms with Gasteiger partial charge in [-0.2, -0.15) is 4.31 Å². The van der Waals surface area contributed by atoms with E-state index in [0.717, 1.165) is 5.39 Å². The Morgan fingerprint density at radius 2 is 2.19 bits per heavy atom. The van der Waals surface area contributed by atoms with Crippen LogP contribution in [0, 0.1) is 0 Å². The number of hydrogen-bond acceptors (Lipinski definition) is 5. The lowest BCUT2D eigenvalue weighted by Gasteiger charge is -2.30. The highest BCUT2D eigenvalue weighted by Gasteiger charge is 2.28. The number of rotatable bonds is 3. The molecule has 0 radical (unpaired) electrons. The van der Waals surface area contributed by atoms with Crippen molar-refractivity contribution in [3.05, 3.63) is 30.0 Å². The Morgan fingerprint density at radius 3 is 2.95 bits per heavy atom. The van der Waals surface area contributed by atoms with Gasteiger partial charge in [0.25, 0.3) is 0 Å². The van der Waals surface area contributed by atoms with Crippen molar-refractivity contribution in [1.29, 1.82) is 0 Å². The number of aromatic nitrogens is 1. The fourth-order valence-electron chi connectivity index (χ4n) is 2.46. The van der Waals surface area contributed by atoms with E-state index in [-0.39, 0.29) is 24.2 Å². The van der Waals surface area contributed by atoms with Crippen molar-refractivity contribution >= 4 is 33.4 Å². The predicted octanol–water partition coefficient (Wildman–Crippen LogP) is 1.37. The third-order valence-electron chi connectivity index (χ3n) is 3.50. The maximum absolute atomic E-state index is 12.5. The van der Waals surface area contributed by atoms with Crippen molar-refractivity contribution in [2.24, 2.45) is 0 Å². The van der Waals surface area contributed by atoms with E-state index in [1.165, 1.54) is 4.31 Å². The van der Waals surface area contributed by atoms with Gasteiger partial charge in [0, 0.05) is 31.1 Å². The third kappa shape index (κ3) is 3.37. The Labute approximate surface area is 129 Å². The van der Waals surface area contributed by atoms with Gasteiger partial charge in [-0.15, -0.1) is 12.4 Å². The molecular weight excluding hydrogens is 314 g/mol. The average Bonchev–Trinajstić information content (AvgIpc) is 2.82. The lowest BCUT2D eigenvalue weighted by Crippen LogP contribution is -2.51. The molecule has 0 amide bonds. The van der Waals surface area contributed by atoms with Crippen LogP contribution < -0.4 is 5.32 Å². The van der Waals surface area contributed by atoms with Crippen LogP contribution in [-0.4, -0.2) is 43.6 Å². The summed E-state index contributed by atoms with van der Waals surface area (Å²) in [5.74, 6) is -0.114. The molecule has 1 aromatic carbocycles. The van der Waals surface area contributed by atoms with Crippen molar-refractivity contribution in [3.8, 4) is 0 Å². The van der Waals surface area contributed by atoms with Crippen LogP contribution in [0.15, 0.2) is 28.8 Å². The zero-order valence-electron chi connectivity index (χ0n) is 11.7. The van der Waals surface area contributed by atoms with Gasteiger partial charge in [0.05, 0.1) is 0 Å². The van der Waals surface area contributed by atoms with E-state index in [1.807, 2.05) is 25.1 Å². The molecule has 8 heteroatoms. The number of fused-ring (bicyclic) bond motifs is 1. The number of sulfonamides is 1. The van der Waals surface area contributed by atoms with Gasteiger partial charge in [-0.25, -0.2) is 8.42 Å². The molecule has 1 atom stereocenters. The third-order valence-corrected chi connectivity index (χ3v) is 5.25. The van der Waals surface area contributed by atoms with Crippen LogP contribution in [0.2, 0.25) is 0 Å². The number of benzene rings is 1. The van der Waals surface area contributed by atoms with Crippen LogP contribution in [0.3, 0.4) is 0 Å². The molecule has 1 aliphatic rings. The summed E-state index contributed by atoms with van der Waals surface area (Å²) < 4.78 is 31.6. The van der Waals surface area contributed by atoms with E-state index in [4.69, 9.17) is 4.52 Å². The van der Waals surface area contributed by atoms with E-state index in [0.29, 0.717) is 30.9 Å². The molecule has 116 valence electrons. The van der Waals surface area contributed by atoms with Gasteiger partial charge < -0.3 is 9.84 Å². The van der Waals surface area contributed by atoms with Crippen LogP contribution >= 0.6 is 12.4 Å². The summed E-state index contributed by atoms with van der Waals surface area (Å²) in [6.07, 6.45) is 0. The largest absolute Gasteiger partial charge is 0.356 e.